The van der Waals surface area contributed by atoms with Crippen molar-refractivity contribution in [2.24, 2.45) is 0 Å². The second-order valence-electron chi connectivity index (χ2n) is 5.37. The highest BCUT2D eigenvalue weighted by Gasteiger charge is 1.93. The number of benzene rings is 2. The van der Waals surface area contributed by atoms with Gasteiger partial charge in [0, 0.05) is 0 Å². The molecule has 0 bridgehead atoms. The van der Waals surface area contributed by atoms with Gasteiger partial charge in [-0.15, -0.1) is 0 Å². The Morgan fingerprint density at radius 2 is 1.55 bits per heavy atom. The van der Waals surface area contributed by atoms with Crippen LogP contribution in [0.4, 0.5) is 0 Å². The third-order valence-corrected chi connectivity index (χ3v) is 3.55. The summed E-state index contributed by atoms with van der Waals surface area (Å²) in [5.74, 6) is 0. The molecule has 0 fully saturated rings. The van der Waals surface area contributed by atoms with E-state index in [1.807, 2.05) is 0 Å². The number of hydrogen-bond acceptors (Lipinski definition) is 0. The van der Waals surface area contributed by atoms with E-state index in [1.165, 1.54) is 41.5 Å². The summed E-state index contributed by atoms with van der Waals surface area (Å²) in [7, 11) is 0. The zero-order valence-electron chi connectivity index (χ0n) is 13.4. The monoisotopic (exact) mass is 268 g/mol. The maximum absolute atomic E-state index is 2.26. The van der Waals surface area contributed by atoms with Gasteiger partial charge in [0.25, 0.3) is 0 Å². The van der Waals surface area contributed by atoms with E-state index in [0.717, 1.165) is 6.42 Å². The van der Waals surface area contributed by atoms with Crippen molar-refractivity contribution in [3.63, 3.8) is 0 Å². The van der Waals surface area contributed by atoms with E-state index in [2.05, 4.69) is 76.2 Å². The number of aryl methyl sites for hydroxylation is 4. The van der Waals surface area contributed by atoms with E-state index >= 15 is 0 Å². The van der Waals surface area contributed by atoms with E-state index in [0.29, 0.717) is 0 Å². The van der Waals surface area contributed by atoms with Gasteiger partial charge in [0.15, 0.2) is 0 Å². The molecule has 0 aromatic heterocycles. The van der Waals surface area contributed by atoms with Gasteiger partial charge in [-0.3, -0.25) is 0 Å². The van der Waals surface area contributed by atoms with E-state index in [9.17, 15) is 0 Å². The molecule has 2 aromatic carbocycles. The fourth-order valence-corrected chi connectivity index (χ4v) is 2.21. The predicted octanol–water partition coefficient (Wildman–Crippen LogP) is 5.90. The Labute approximate surface area is 124 Å². The Balaban J connectivity index is 0.000000200. The molecule has 20 heavy (non-hydrogen) atoms. The van der Waals surface area contributed by atoms with Crippen molar-refractivity contribution in [2.75, 3.05) is 0 Å². The van der Waals surface area contributed by atoms with Crippen molar-refractivity contribution in [3.8, 4) is 0 Å². The molecule has 0 saturated heterocycles. The second kappa shape index (κ2) is 9.36. The molecule has 108 valence electrons. The third kappa shape index (κ3) is 6.06. The Bertz CT molecular complexity index is 483. The highest BCUT2D eigenvalue weighted by atomic mass is 14.0. The normalized spacial score (nSPS) is 9.80. The van der Waals surface area contributed by atoms with Crippen LogP contribution < -0.4 is 0 Å². The van der Waals surface area contributed by atoms with Crippen molar-refractivity contribution in [1.29, 1.82) is 0 Å². The number of unbranched alkanes of at least 4 members (excludes halogenated alkanes) is 1. The maximum atomic E-state index is 2.26. The molecule has 0 heteroatoms. The molecule has 0 radical (unpaired) electrons. The Hall–Kier alpha value is -1.56. The minimum Gasteiger partial charge on any atom is -0.0654 e. The summed E-state index contributed by atoms with van der Waals surface area (Å²) in [5.41, 5.74) is 5.71. The molecule has 0 aliphatic heterocycles. The number of rotatable bonds is 4. The van der Waals surface area contributed by atoms with Gasteiger partial charge in [-0.2, -0.15) is 0 Å². The van der Waals surface area contributed by atoms with Crippen LogP contribution >= 0.6 is 0 Å². The first-order chi connectivity index (χ1) is 9.67. The first-order valence-corrected chi connectivity index (χ1v) is 7.77. The summed E-state index contributed by atoms with van der Waals surface area (Å²) in [6.07, 6.45) is 4.98. The fourth-order valence-electron chi connectivity index (χ4n) is 2.21. The lowest BCUT2D eigenvalue weighted by atomic mass is 10.0. The zero-order chi connectivity index (χ0) is 14.8. The standard InChI is InChI=1S/2C10H14/c1-4-10-7-8(2)5-6-9(10)3;1-2-3-7-10-8-5-4-6-9-10/h5-7H,4H2,1-3H3;4-6,8-9H,2-3,7H2,1H3. The summed E-state index contributed by atoms with van der Waals surface area (Å²) in [4.78, 5) is 0. The lowest BCUT2D eigenvalue weighted by Gasteiger charge is -2.02. The minimum absolute atomic E-state index is 1.15. The van der Waals surface area contributed by atoms with Crippen molar-refractivity contribution in [2.45, 2.75) is 53.4 Å². The van der Waals surface area contributed by atoms with Crippen molar-refractivity contribution >= 4 is 0 Å². The smallest absolute Gasteiger partial charge is 0.0279 e. The van der Waals surface area contributed by atoms with Crippen molar-refractivity contribution in [1.82, 2.24) is 0 Å². The first-order valence-electron chi connectivity index (χ1n) is 7.77. The molecule has 0 aliphatic carbocycles. The molecular weight excluding hydrogens is 240 g/mol. The van der Waals surface area contributed by atoms with Gasteiger partial charge in [-0.1, -0.05) is 74.4 Å². The first kappa shape index (κ1) is 16.5. The molecule has 0 aliphatic rings. The molecule has 0 spiro atoms. The number of hydrogen-bond donors (Lipinski definition) is 0. The maximum Gasteiger partial charge on any atom is -0.0279 e. The van der Waals surface area contributed by atoms with E-state index < -0.39 is 0 Å². The average molecular weight is 268 g/mol. The SMILES string of the molecule is CCCCc1ccccc1.CCc1cc(C)ccc1C. The second-order valence-corrected chi connectivity index (χ2v) is 5.37. The van der Waals surface area contributed by atoms with Gasteiger partial charge in [0.1, 0.15) is 0 Å². The van der Waals surface area contributed by atoms with Gasteiger partial charge in [-0.05, 0) is 49.8 Å². The van der Waals surface area contributed by atoms with Crippen LogP contribution in [0.25, 0.3) is 0 Å². The average Bonchev–Trinajstić information content (AvgIpc) is 2.49. The van der Waals surface area contributed by atoms with Crippen molar-refractivity contribution < 1.29 is 0 Å². The summed E-state index contributed by atoms with van der Waals surface area (Å²) in [6, 6.07) is 17.3. The topological polar surface area (TPSA) is 0 Å². The highest BCUT2D eigenvalue weighted by Crippen LogP contribution is 2.10. The van der Waals surface area contributed by atoms with Crippen LogP contribution in [0, 0.1) is 13.8 Å². The molecule has 0 heterocycles. The quantitative estimate of drug-likeness (QED) is 0.648. The Morgan fingerprint density at radius 1 is 0.850 bits per heavy atom. The summed E-state index contributed by atoms with van der Waals surface area (Å²) in [6.45, 7) is 8.72. The van der Waals surface area contributed by atoms with Crippen LogP contribution in [0.2, 0.25) is 0 Å². The van der Waals surface area contributed by atoms with Gasteiger partial charge >= 0.3 is 0 Å². The fraction of sp³-hybridized carbons (Fsp3) is 0.400. The third-order valence-electron chi connectivity index (χ3n) is 3.55. The Morgan fingerprint density at radius 3 is 2.10 bits per heavy atom. The van der Waals surface area contributed by atoms with Crippen LogP contribution in [0.5, 0.6) is 0 Å². The van der Waals surface area contributed by atoms with Crippen molar-refractivity contribution in [3.05, 3.63) is 70.8 Å². The lowest BCUT2D eigenvalue weighted by molar-refractivity contribution is 0.795. The molecule has 0 N–H and O–H groups in total. The molecule has 0 amide bonds. The molecule has 0 saturated carbocycles. The molecule has 2 rings (SSSR count). The molecular formula is C20H28. The minimum atomic E-state index is 1.15. The molecule has 0 nitrogen and oxygen atoms in total. The van der Waals surface area contributed by atoms with Gasteiger partial charge in [-0.25, -0.2) is 0 Å². The molecule has 2 aromatic rings. The van der Waals surface area contributed by atoms with Crippen LogP contribution in [0.1, 0.15) is 48.9 Å². The van der Waals surface area contributed by atoms with Crippen LogP contribution in [-0.4, -0.2) is 0 Å². The van der Waals surface area contributed by atoms with Gasteiger partial charge in [0.05, 0.1) is 0 Å². The van der Waals surface area contributed by atoms with Crippen LogP contribution in [-0.2, 0) is 12.8 Å². The van der Waals surface area contributed by atoms with Gasteiger partial charge < -0.3 is 0 Å². The lowest BCUT2D eigenvalue weighted by Crippen LogP contribution is -1.86. The zero-order valence-corrected chi connectivity index (χ0v) is 13.4. The predicted molar refractivity (Wildman–Crippen MR) is 90.3 cm³/mol. The van der Waals surface area contributed by atoms with Gasteiger partial charge in [0.2, 0.25) is 0 Å². The highest BCUT2D eigenvalue weighted by molar-refractivity contribution is 5.30. The molecule has 0 unspecified atom stereocenters. The van der Waals surface area contributed by atoms with E-state index in [1.54, 1.807) is 0 Å². The van der Waals surface area contributed by atoms with Crippen LogP contribution in [0.15, 0.2) is 48.5 Å². The summed E-state index contributed by atoms with van der Waals surface area (Å²) >= 11 is 0. The molecule has 0 atom stereocenters. The summed E-state index contributed by atoms with van der Waals surface area (Å²) < 4.78 is 0. The largest absolute Gasteiger partial charge is 0.0654 e. The van der Waals surface area contributed by atoms with E-state index in [4.69, 9.17) is 0 Å². The summed E-state index contributed by atoms with van der Waals surface area (Å²) in [5, 5.41) is 0. The Kier molecular flexibility index (Phi) is 7.72. The van der Waals surface area contributed by atoms with Crippen LogP contribution in [0.3, 0.4) is 0 Å². The van der Waals surface area contributed by atoms with E-state index in [-0.39, 0.29) is 0 Å².